The smallest absolute Gasteiger partial charge is 0.129 e. The van der Waals surface area contributed by atoms with E-state index < -0.39 is 0 Å². The molecule has 0 radical (unpaired) electrons. The molecule has 3 rings (SSSR count). The van der Waals surface area contributed by atoms with Crippen LogP contribution in [-0.2, 0) is 0 Å². The summed E-state index contributed by atoms with van der Waals surface area (Å²) in [5, 5.41) is 17.1. The molecule has 0 bridgehead atoms. The minimum atomic E-state index is -0.286. The van der Waals surface area contributed by atoms with E-state index in [1.54, 1.807) is 35.3 Å². The van der Waals surface area contributed by atoms with Crippen LogP contribution < -0.4 is 4.90 Å². The van der Waals surface area contributed by atoms with Gasteiger partial charge in [-0.1, -0.05) is 0 Å². The van der Waals surface area contributed by atoms with Gasteiger partial charge in [-0.3, -0.25) is 20.7 Å². The van der Waals surface area contributed by atoms with Gasteiger partial charge < -0.3 is 0 Å². The Kier molecular flexibility index (Phi) is 3.85. The summed E-state index contributed by atoms with van der Waals surface area (Å²) < 4.78 is 13.2. The van der Waals surface area contributed by atoms with E-state index >= 15 is 0 Å². The van der Waals surface area contributed by atoms with Crippen LogP contribution in [0.5, 0.6) is 0 Å². The molecule has 0 atom stereocenters. The number of amidine groups is 2. The van der Waals surface area contributed by atoms with Gasteiger partial charge >= 0.3 is 0 Å². The molecule has 0 amide bonds. The Labute approximate surface area is 138 Å². The Balaban J connectivity index is 2.25. The highest BCUT2D eigenvalue weighted by Crippen LogP contribution is 2.38. The zero-order valence-electron chi connectivity index (χ0n) is 13.2. The SMILES string of the molecule is CC(=N)N1C(=N)CN=C(c2ccc(F)cc2)c2c1sc(C)c2C. The van der Waals surface area contributed by atoms with Gasteiger partial charge in [-0.25, -0.2) is 4.39 Å². The summed E-state index contributed by atoms with van der Waals surface area (Å²) in [4.78, 5) is 7.36. The Morgan fingerprint density at radius 3 is 2.52 bits per heavy atom. The van der Waals surface area contributed by atoms with Gasteiger partial charge in [-0.15, -0.1) is 11.3 Å². The Morgan fingerprint density at radius 2 is 1.91 bits per heavy atom. The van der Waals surface area contributed by atoms with E-state index in [0.29, 0.717) is 5.84 Å². The van der Waals surface area contributed by atoms with Gasteiger partial charge in [0.05, 0.1) is 12.3 Å². The van der Waals surface area contributed by atoms with Crippen LogP contribution in [0.3, 0.4) is 0 Å². The van der Waals surface area contributed by atoms with Gasteiger partial charge in [0.1, 0.15) is 22.5 Å². The predicted octanol–water partition coefficient (Wildman–Crippen LogP) is 4.14. The van der Waals surface area contributed by atoms with E-state index in [4.69, 9.17) is 10.8 Å². The second-order valence-electron chi connectivity index (χ2n) is 5.50. The molecule has 1 aliphatic rings. The van der Waals surface area contributed by atoms with Gasteiger partial charge in [0.2, 0.25) is 0 Å². The predicted molar refractivity (Wildman–Crippen MR) is 94.3 cm³/mol. The van der Waals surface area contributed by atoms with E-state index in [9.17, 15) is 4.39 Å². The molecule has 0 unspecified atom stereocenters. The molecule has 2 heterocycles. The normalized spacial score (nSPS) is 14.3. The van der Waals surface area contributed by atoms with E-state index in [0.717, 1.165) is 32.3 Å². The number of hydrogen-bond acceptors (Lipinski definition) is 4. The number of nitrogens with one attached hydrogen (secondary N) is 2. The lowest BCUT2D eigenvalue weighted by Gasteiger charge is -2.21. The summed E-state index contributed by atoms with van der Waals surface area (Å²) in [6, 6.07) is 6.26. The summed E-state index contributed by atoms with van der Waals surface area (Å²) >= 11 is 1.56. The topological polar surface area (TPSA) is 63.3 Å². The number of benzene rings is 1. The number of aliphatic imine (C=N–C) groups is 1. The van der Waals surface area contributed by atoms with Gasteiger partial charge in [-0.2, -0.15) is 0 Å². The zero-order chi connectivity index (χ0) is 16.7. The molecule has 0 aliphatic carbocycles. The summed E-state index contributed by atoms with van der Waals surface area (Å²) in [5.41, 5.74) is 3.61. The summed E-state index contributed by atoms with van der Waals surface area (Å²) in [6.07, 6.45) is 0. The maximum absolute atomic E-state index is 13.2. The van der Waals surface area contributed by atoms with Crippen molar-refractivity contribution in [3.63, 3.8) is 0 Å². The van der Waals surface area contributed by atoms with E-state index in [2.05, 4.69) is 4.99 Å². The quantitative estimate of drug-likeness (QED) is 0.600. The van der Waals surface area contributed by atoms with Crippen molar-refractivity contribution in [1.82, 2.24) is 0 Å². The van der Waals surface area contributed by atoms with Crippen molar-refractivity contribution in [1.29, 1.82) is 10.8 Å². The van der Waals surface area contributed by atoms with Crippen molar-refractivity contribution in [2.75, 3.05) is 11.4 Å². The molecule has 1 aromatic heterocycles. The lowest BCUT2D eigenvalue weighted by Crippen LogP contribution is -2.35. The lowest BCUT2D eigenvalue weighted by atomic mass is 10.00. The lowest BCUT2D eigenvalue weighted by molar-refractivity contribution is 0.628. The molecular formula is C17H17FN4S. The molecule has 2 aromatic rings. The Hall–Kier alpha value is -2.34. The second-order valence-corrected chi connectivity index (χ2v) is 6.71. The van der Waals surface area contributed by atoms with E-state index in [1.807, 2.05) is 13.8 Å². The summed E-state index contributed by atoms with van der Waals surface area (Å²) in [7, 11) is 0. The van der Waals surface area contributed by atoms with Crippen molar-refractivity contribution in [3.05, 3.63) is 51.7 Å². The fourth-order valence-electron chi connectivity index (χ4n) is 2.67. The zero-order valence-corrected chi connectivity index (χ0v) is 14.0. The average Bonchev–Trinajstić information content (AvgIpc) is 2.68. The van der Waals surface area contributed by atoms with Crippen LogP contribution in [0.2, 0.25) is 0 Å². The van der Waals surface area contributed by atoms with Crippen molar-refractivity contribution >= 4 is 33.7 Å². The summed E-state index contributed by atoms with van der Waals surface area (Å²) in [5.74, 6) is 0.288. The molecular weight excluding hydrogens is 311 g/mol. The van der Waals surface area contributed by atoms with Crippen LogP contribution >= 0.6 is 11.3 Å². The highest BCUT2D eigenvalue weighted by molar-refractivity contribution is 7.17. The number of fused-ring (bicyclic) bond motifs is 1. The standard InChI is InChI=1S/C17H17FN4S/c1-9-10(2)23-17-15(9)16(12-4-6-13(18)7-5-12)21-8-14(20)22(17)11(3)19/h4-7,19-20H,8H2,1-3H3. The van der Waals surface area contributed by atoms with Crippen molar-refractivity contribution in [3.8, 4) is 0 Å². The average molecular weight is 328 g/mol. The van der Waals surface area contributed by atoms with Crippen LogP contribution in [0.15, 0.2) is 29.3 Å². The number of hydrogen-bond donors (Lipinski definition) is 2. The molecule has 0 spiro atoms. The van der Waals surface area contributed by atoms with Gasteiger partial charge in [0.25, 0.3) is 0 Å². The van der Waals surface area contributed by atoms with Crippen LogP contribution in [0.25, 0.3) is 0 Å². The molecule has 6 heteroatoms. The molecule has 1 aliphatic heterocycles. The van der Waals surface area contributed by atoms with Crippen molar-refractivity contribution in [2.24, 2.45) is 4.99 Å². The van der Waals surface area contributed by atoms with Crippen LogP contribution in [0, 0.1) is 30.5 Å². The molecule has 1 aromatic carbocycles. The minimum Gasteiger partial charge on any atom is -0.288 e. The first-order chi connectivity index (χ1) is 10.9. The fraction of sp³-hybridized carbons (Fsp3) is 0.235. The second kappa shape index (κ2) is 5.70. The largest absolute Gasteiger partial charge is 0.288 e. The molecule has 0 saturated carbocycles. The van der Waals surface area contributed by atoms with Gasteiger partial charge in [0, 0.05) is 16.0 Å². The first-order valence-corrected chi connectivity index (χ1v) is 8.05. The molecule has 118 valence electrons. The first-order valence-electron chi connectivity index (χ1n) is 7.23. The Bertz CT molecular complexity index is 833. The highest BCUT2D eigenvalue weighted by Gasteiger charge is 2.28. The van der Waals surface area contributed by atoms with E-state index in [-0.39, 0.29) is 18.2 Å². The number of nitrogens with zero attached hydrogens (tertiary/aromatic N) is 2. The van der Waals surface area contributed by atoms with Crippen LogP contribution in [-0.4, -0.2) is 23.9 Å². The fourth-order valence-corrected chi connectivity index (χ4v) is 3.91. The van der Waals surface area contributed by atoms with Gasteiger partial charge in [0.15, 0.2) is 0 Å². The number of thiophene rings is 1. The molecule has 23 heavy (non-hydrogen) atoms. The Morgan fingerprint density at radius 1 is 1.26 bits per heavy atom. The maximum Gasteiger partial charge on any atom is 0.129 e. The monoisotopic (exact) mass is 328 g/mol. The van der Waals surface area contributed by atoms with Crippen LogP contribution in [0.1, 0.15) is 28.5 Å². The summed E-state index contributed by atoms with van der Waals surface area (Å²) in [6.45, 7) is 5.92. The maximum atomic E-state index is 13.2. The third kappa shape index (κ3) is 2.59. The third-order valence-electron chi connectivity index (χ3n) is 3.92. The first kappa shape index (κ1) is 15.6. The van der Waals surface area contributed by atoms with Crippen molar-refractivity contribution in [2.45, 2.75) is 20.8 Å². The molecule has 2 N–H and O–H groups in total. The minimum absolute atomic E-state index is 0.197. The molecule has 0 fully saturated rings. The third-order valence-corrected chi connectivity index (χ3v) is 5.11. The molecule has 0 saturated heterocycles. The highest BCUT2D eigenvalue weighted by atomic mass is 32.1. The molecule has 4 nitrogen and oxygen atoms in total. The number of rotatable bonds is 1. The van der Waals surface area contributed by atoms with Gasteiger partial charge in [-0.05, 0) is 50.6 Å². The van der Waals surface area contributed by atoms with E-state index in [1.165, 1.54) is 12.1 Å². The number of aryl methyl sites for hydroxylation is 1. The van der Waals surface area contributed by atoms with Crippen molar-refractivity contribution < 1.29 is 4.39 Å². The number of anilines is 1. The van der Waals surface area contributed by atoms with Crippen LogP contribution in [0.4, 0.5) is 9.39 Å². The number of halogens is 1.